The Labute approximate surface area is 175 Å². The molecule has 0 bridgehead atoms. The van der Waals surface area contributed by atoms with Crippen molar-refractivity contribution in [3.8, 4) is 5.69 Å². The Kier molecular flexibility index (Phi) is 4.67. The van der Waals surface area contributed by atoms with Gasteiger partial charge in [-0.25, -0.2) is 0 Å². The fourth-order valence-corrected chi connectivity index (χ4v) is 4.04. The van der Waals surface area contributed by atoms with Crippen molar-refractivity contribution in [2.45, 2.75) is 20.8 Å². The van der Waals surface area contributed by atoms with Gasteiger partial charge in [-0.3, -0.25) is 0 Å². The molecule has 0 atom stereocenters. The number of benzene rings is 1. The number of hydrogen-bond acceptors (Lipinski definition) is 5. The zero-order valence-corrected chi connectivity index (χ0v) is 17.6. The van der Waals surface area contributed by atoms with Gasteiger partial charge in [0.05, 0.1) is 18.6 Å². The lowest BCUT2D eigenvalue weighted by molar-refractivity contribution is 0.122. The van der Waals surface area contributed by atoms with Crippen molar-refractivity contribution in [2.75, 3.05) is 36.5 Å². The number of nitrogens with one attached hydrogen (secondary N) is 2. The van der Waals surface area contributed by atoms with Crippen molar-refractivity contribution in [2.24, 2.45) is 0 Å². The summed E-state index contributed by atoms with van der Waals surface area (Å²) in [5.74, 6) is 1.54. The van der Waals surface area contributed by atoms with Gasteiger partial charge in [0, 0.05) is 41.5 Å². The van der Waals surface area contributed by atoms with Crippen LogP contribution in [0.3, 0.4) is 0 Å². The second-order valence-corrected chi connectivity index (χ2v) is 7.81. The predicted molar refractivity (Wildman–Crippen MR) is 120 cm³/mol. The minimum absolute atomic E-state index is 0.702. The molecule has 7 nitrogen and oxygen atoms in total. The Balaban J connectivity index is 1.48. The van der Waals surface area contributed by atoms with Gasteiger partial charge in [-0.2, -0.15) is 9.97 Å². The van der Waals surface area contributed by atoms with E-state index < -0.39 is 0 Å². The zero-order valence-electron chi connectivity index (χ0n) is 17.6. The molecular weight excluding hydrogens is 376 g/mol. The van der Waals surface area contributed by atoms with E-state index in [4.69, 9.17) is 14.7 Å². The van der Waals surface area contributed by atoms with E-state index in [0.29, 0.717) is 13.2 Å². The van der Waals surface area contributed by atoms with E-state index in [1.165, 1.54) is 11.4 Å². The smallest absolute Gasteiger partial charge is 0.229 e. The molecule has 4 aromatic rings. The molecule has 0 saturated carbocycles. The van der Waals surface area contributed by atoms with Gasteiger partial charge in [-0.1, -0.05) is 0 Å². The normalized spacial score (nSPS) is 14.4. The molecule has 2 N–H and O–H groups in total. The molecule has 0 unspecified atom stereocenters. The fraction of sp³-hybridized carbons (Fsp3) is 0.304. The molecule has 5 rings (SSSR count). The molecule has 30 heavy (non-hydrogen) atoms. The van der Waals surface area contributed by atoms with Gasteiger partial charge < -0.3 is 24.5 Å². The third kappa shape index (κ3) is 3.41. The van der Waals surface area contributed by atoms with Gasteiger partial charge in [-0.15, -0.1) is 0 Å². The van der Waals surface area contributed by atoms with Crippen molar-refractivity contribution in [3.05, 3.63) is 59.5 Å². The lowest BCUT2D eigenvalue weighted by Gasteiger charge is -2.27. The van der Waals surface area contributed by atoms with Crippen LogP contribution in [0.15, 0.2) is 42.5 Å². The third-order valence-electron chi connectivity index (χ3n) is 5.56. The maximum absolute atomic E-state index is 5.47. The first-order valence-corrected chi connectivity index (χ1v) is 10.3. The van der Waals surface area contributed by atoms with Crippen molar-refractivity contribution in [3.63, 3.8) is 0 Å². The average molecular weight is 403 g/mol. The molecule has 0 aliphatic carbocycles. The minimum Gasteiger partial charge on any atom is -0.378 e. The maximum Gasteiger partial charge on any atom is 0.229 e. The number of H-pyrrole nitrogens is 1. The van der Waals surface area contributed by atoms with E-state index in [1.54, 1.807) is 0 Å². The van der Waals surface area contributed by atoms with Gasteiger partial charge in [0.15, 0.2) is 0 Å². The van der Waals surface area contributed by atoms with Crippen LogP contribution < -0.4 is 10.2 Å². The second kappa shape index (κ2) is 7.50. The van der Waals surface area contributed by atoms with Gasteiger partial charge in [0.25, 0.3) is 0 Å². The Morgan fingerprint density at radius 1 is 0.933 bits per heavy atom. The number of aromatic nitrogens is 4. The number of hydrogen-bond donors (Lipinski definition) is 2. The Morgan fingerprint density at radius 3 is 2.33 bits per heavy atom. The van der Waals surface area contributed by atoms with Gasteiger partial charge in [0.2, 0.25) is 5.95 Å². The van der Waals surface area contributed by atoms with Crippen molar-refractivity contribution >= 4 is 28.5 Å². The van der Waals surface area contributed by atoms with E-state index in [-0.39, 0.29) is 0 Å². The van der Waals surface area contributed by atoms with Crippen LogP contribution in [-0.2, 0) is 4.74 Å². The van der Waals surface area contributed by atoms with Crippen LogP contribution in [0.4, 0.5) is 17.5 Å². The van der Waals surface area contributed by atoms with Crippen LogP contribution in [0.1, 0.15) is 17.1 Å². The first-order chi connectivity index (χ1) is 14.6. The highest BCUT2D eigenvalue weighted by Crippen LogP contribution is 2.28. The summed E-state index contributed by atoms with van der Waals surface area (Å²) in [6.07, 6.45) is 0. The molecule has 3 aromatic heterocycles. The summed E-state index contributed by atoms with van der Waals surface area (Å²) in [6.45, 7) is 9.29. The number of nitrogens with zero attached hydrogens (tertiary/aromatic N) is 4. The summed E-state index contributed by atoms with van der Waals surface area (Å²) in [4.78, 5) is 15.1. The number of morpholine rings is 1. The first kappa shape index (κ1) is 18.7. The lowest BCUT2D eigenvalue weighted by Crippen LogP contribution is -2.37. The highest BCUT2D eigenvalue weighted by Gasteiger charge is 2.18. The van der Waals surface area contributed by atoms with Crippen LogP contribution in [0.2, 0.25) is 0 Å². The first-order valence-electron chi connectivity index (χ1n) is 10.3. The van der Waals surface area contributed by atoms with Crippen LogP contribution in [0, 0.1) is 20.8 Å². The average Bonchev–Trinajstić information content (AvgIpc) is 3.30. The van der Waals surface area contributed by atoms with E-state index >= 15 is 0 Å². The molecule has 0 spiro atoms. The van der Waals surface area contributed by atoms with E-state index in [0.717, 1.165) is 53.0 Å². The fourth-order valence-electron chi connectivity index (χ4n) is 4.04. The Hall–Kier alpha value is -3.32. The molecule has 1 aliphatic heterocycles. The van der Waals surface area contributed by atoms with Crippen LogP contribution in [0.5, 0.6) is 0 Å². The molecule has 154 valence electrons. The molecule has 1 aromatic carbocycles. The highest BCUT2D eigenvalue weighted by atomic mass is 16.5. The second-order valence-electron chi connectivity index (χ2n) is 7.81. The summed E-state index contributed by atoms with van der Waals surface area (Å²) in [5, 5.41) is 4.49. The Bertz CT molecular complexity index is 1170. The predicted octanol–water partition coefficient (Wildman–Crippen LogP) is 4.25. The molecule has 1 aliphatic rings. The number of rotatable bonds is 4. The van der Waals surface area contributed by atoms with Gasteiger partial charge >= 0.3 is 0 Å². The van der Waals surface area contributed by atoms with Crippen LogP contribution in [-0.4, -0.2) is 45.8 Å². The number of aromatic amines is 1. The van der Waals surface area contributed by atoms with Gasteiger partial charge in [-0.05, 0) is 63.2 Å². The molecular formula is C23H26N6O. The molecule has 4 heterocycles. The van der Waals surface area contributed by atoms with E-state index in [2.05, 4.69) is 76.1 Å². The maximum atomic E-state index is 5.47. The molecule has 0 amide bonds. The number of ether oxygens (including phenoxy) is 1. The minimum atomic E-state index is 0.702. The van der Waals surface area contributed by atoms with E-state index in [1.807, 2.05) is 6.92 Å². The van der Waals surface area contributed by atoms with Crippen molar-refractivity contribution in [1.82, 2.24) is 19.5 Å². The highest BCUT2D eigenvalue weighted by molar-refractivity contribution is 5.90. The van der Waals surface area contributed by atoms with Crippen LogP contribution in [0.25, 0.3) is 16.7 Å². The topological polar surface area (TPSA) is 71.0 Å². The third-order valence-corrected chi connectivity index (χ3v) is 5.56. The monoisotopic (exact) mass is 402 g/mol. The summed E-state index contributed by atoms with van der Waals surface area (Å²) in [6, 6.07) is 14.8. The zero-order chi connectivity index (χ0) is 20.7. The molecule has 0 radical (unpaired) electrons. The summed E-state index contributed by atoms with van der Waals surface area (Å²) >= 11 is 0. The molecule has 1 saturated heterocycles. The SMILES string of the molecule is Cc1cc2c(Nc3ccc(-n4c(C)ccc4C)cc3)nc(N3CCOCC3)nc2[nH]1. The standard InChI is InChI=1S/C23H26N6O/c1-15-14-20-21(24-15)26-23(28-10-12-30-13-11-28)27-22(20)25-18-6-8-19(9-7-18)29-16(2)4-5-17(29)3/h4-9,14H,10-13H2,1-3H3,(H2,24,25,26,27). The number of fused-ring (bicyclic) bond motifs is 1. The van der Waals surface area contributed by atoms with Crippen molar-refractivity contribution in [1.29, 1.82) is 0 Å². The lowest BCUT2D eigenvalue weighted by atomic mass is 10.2. The summed E-state index contributed by atoms with van der Waals surface area (Å²) < 4.78 is 7.72. The van der Waals surface area contributed by atoms with Gasteiger partial charge in [0.1, 0.15) is 11.5 Å². The summed E-state index contributed by atoms with van der Waals surface area (Å²) in [7, 11) is 0. The quantitative estimate of drug-likeness (QED) is 0.534. The number of aryl methyl sites for hydroxylation is 3. The van der Waals surface area contributed by atoms with E-state index in [9.17, 15) is 0 Å². The van der Waals surface area contributed by atoms with Crippen molar-refractivity contribution < 1.29 is 4.74 Å². The molecule has 7 heteroatoms. The summed E-state index contributed by atoms with van der Waals surface area (Å²) in [5.41, 5.74) is 6.51. The largest absolute Gasteiger partial charge is 0.378 e. The van der Waals surface area contributed by atoms with Crippen LogP contribution >= 0.6 is 0 Å². The Morgan fingerprint density at radius 2 is 1.63 bits per heavy atom. The number of anilines is 3. The molecule has 1 fully saturated rings.